The maximum absolute atomic E-state index is 11.3. The van der Waals surface area contributed by atoms with Gasteiger partial charge in [0.05, 0.1) is 10.7 Å². The summed E-state index contributed by atoms with van der Waals surface area (Å²) in [7, 11) is -3.09. The van der Waals surface area contributed by atoms with Gasteiger partial charge in [-0.05, 0) is 13.0 Å². The average molecular weight is 273 g/mol. The van der Waals surface area contributed by atoms with Gasteiger partial charge in [-0.1, -0.05) is 6.92 Å². The van der Waals surface area contributed by atoms with Crippen LogP contribution in [0.2, 0.25) is 0 Å². The molecular formula is C10H15N3O4S. The molecule has 0 bridgehead atoms. The average Bonchev–Trinajstić information content (AvgIpc) is 2.28. The molecule has 0 aliphatic heterocycles. The van der Waals surface area contributed by atoms with Crippen molar-refractivity contribution in [2.75, 3.05) is 23.4 Å². The number of rotatable bonds is 6. The Labute approximate surface area is 105 Å². The summed E-state index contributed by atoms with van der Waals surface area (Å²) in [5.41, 5.74) is 0.363. The second-order valence-corrected chi connectivity index (χ2v) is 6.22. The Morgan fingerprint density at radius 2 is 2.17 bits per heavy atom. The van der Waals surface area contributed by atoms with E-state index in [4.69, 9.17) is 0 Å². The minimum Gasteiger partial charge on any atom is -0.363 e. The zero-order valence-electron chi connectivity index (χ0n) is 10.2. The zero-order valence-corrected chi connectivity index (χ0v) is 11.0. The van der Waals surface area contributed by atoms with Crippen molar-refractivity contribution in [3.05, 3.63) is 27.9 Å². The van der Waals surface area contributed by atoms with Gasteiger partial charge in [0.15, 0.2) is 9.84 Å². The van der Waals surface area contributed by atoms with Gasteiger partial charge in [-0.25, -0.2) is 13.4 Å². The largest absolute Gasteiger partial charge is 0.363 e. The van der Waals surface area contributed by atoms with E-state index in [2.05, 4.69) is 10.3 Å². The van der Waals surface area contributed by atoms with E-state index in [0.29, 0.717) is 5.56 Å². The molecule has 100 valence electrons. The molecule has 1 aromatic rings. The number of anilines is 1. The zero-order chi connectivity index (χ0) is 13.8. The van der Waals surface area contributed by atoms with E-state index in [1.165, 1.54) is 12.3 Å². The molecule has 0 unspecified atom stereocenters. The molecule has 0 saturated heterocycles. The number of nitrogens with zero attached hydrogens (tertiary/aromatic N) is 2. The summed E-state index contributed by atoms with van der Waals surface area (Å²) < 4.78 is 22.6. The van der Waals surface area contributed by atoms with E-state index in [0.717, 1.165) is 0 Å². The highest BCUT2D eigenvalue weighted by atomic mass is 32.2. The summed E-state index contributed by atoms with van der Waals surface area (Å²) in [5, 5.41) is 13.6. The molecule has 0 atom stereocenters. The van der Waals surface area contributed by atoms with Crippen LogP contribution in [-0.2, 0) is 9.84 Å². The van der Waals surface area contributed by atoms with Crippen molar-refractivity contribution in [2.45, 2.75) is 13.8 Å². The Kier molecular flexibility index (Phi) is 4.60. The van der Waals surface area contributed by atoms with Gasteiger partial charge in [-0.2, -0.15) is 0 Å². The van der Waals surface area contributed by atoms with Crippen molar-refractivity contribution in [3.8, 4) is 0 Å². The predicted octanol–water partition coefficient (Wildman–Crippen LogP) is 1.14. The molecule has 0 spiro atoms. The van der Waals surface area contributed by atoms with E-state index in [-0.39, 0.29) is 29.6 Å². The first-order valence-electron chi connectivity index (χ1n) is 5.41. The first-order chi connectivity index (χ1) is 8.37. The van der Waals surface area contributed by atoms with Gasteiger partial charge in [-0.3, -0.25) is 10.1 Å². The summed E-state index contributed by atoms with van der Waals surface area (Å²) in [4.78, 5) is 14.2. The first-order valence-corrected chi connectivity index (χ1v) is 7.24. The molecule has 0 radical (unpaired) electrons. The van der Waals surface area contributed by atoms with E-state index in [9.17, 15) is 18.5 Å². The van der Waals surface area contributed by atoms with Crippen LogP contribution >= 0.6 is 0 Å². The van der Waals surface area contributed by atoms with Gasteiger partial charge in [0, 0.05) is 24.1 Å². The lowest BCUT2D eigenvalue weighted by atomic mass is 10.2. The molecule has 1 aromatic heterocycles. The molecule has 0 amide bonds. The highest BCUT2D eigenvalue weighted by molar-refractivity contribution is 7.91. The molecule has 7 nitrogen and oxygen atoms in total. The predicted molar refractivity (Wildman–Crippen MR) is 68.4 cm³/mol. The Morgan fingerprint density at radius 1 is 1.50 bits per heavy atom. The number of hydrogen-bond acceptors (Lipinski definition) is 6. The smallest absolute Gasteiger partial charge is 0.314 e. The minimum atomic E-state index is -3.09. The number of sulfone groups is 1. The topological polar surface area (TPSA) is 102 Å². The van der Waals surface area contributed by atoms with Gasteiger partial charge in [-0.15, -0.1) is 0 Å². The number of pyridine rings is 1. The number of aryl methyl sites for hydroxylation is 1. The SMILES string of the molecule is CCS(=O)(=O)CCNc1nccc(C)c1[N+](=O)[O-]. The lowest BCUT2D eigenvalue weighted by Crippen LogP contribution is -2.18. The maximum Gasteiger partial charge on any atom is 0.314 e. The highest BCUT2D eigenvalue weighted by Crippen LogP contribution is 2.25. The molecule has 0 saturated carbocycles. The van der Waals surface area contributed by atoms with Crippen molar-refractivity contribution in [1.82, 2.24) is 4.98 Å². The van der Waals surface area contributed by atoms with Crippen LogP contribution in [0.15, 0.2) is 12.3 Å². The summed E-state index contributed by atoms with van der Waals surface area (Å²) >= 11 is 0. The van der Waals surface area contributed by atoms with Gasteiger partial charge in [0.1, 0.15) is 0 Å². The molecule has 1 rings (SSSR count). The van der Waals surface area contributed by atoms with Crippen LogP contribution in [0.3, 0.4) is 0 Å². The molecule has 18 heavy (non-hydrogen) atoms. The van der Waals surface area contributed by atoms with Crippen molar-refractivity contribution < 1.29 is 13.3 Å². The van der Waals surface area contributed by atoms with Gasteiger partial charge < -0.3 is 5.32 Å². The lowest BCUT2D eigenvalue weighted by molar-refractivity contribution is -0.384. The van der Waals surface area contributed by atoms with Crippen molar-refractivity contribution in [3.63, 3.8) is 0 Å². The second kappa shape index (κ2) is 5.76. The van der Waals surface area contributed by atoms with Crippen LogP contribution in [0.4, 0.5) is 11.5 Å². The second-order valence-electron chi connectivity index (χ2n) is 3.75. The van der Waals surface area contributed by atoms with Gasteiger partial charge in [0.2, 0.25) is 5.82 Å². The van der Waals surface area contributed by atoms with Crippen LogP contribution in [0.25, 0.3) is 0 Å². The van der Waals surface area contributed by atoms with E-state index in [1.807, 2.05) is 0 Å². The third kappa shape index (κ3) is 3.66. The fourth-order valence-electron chi connectivity index (χ4n) is 1.38. The summed E-state index contributed by atoms with van der Waals surface area (Å²) in [6.07, 6.45) is 1.44. The van der Waals surface area contributed by atoms with Crippen molar-refractivity contribution >= 4 is 21.3 Å². The third-order valence-electron chi connectivity index (χ3n) is 2.45. The maximum atomic E-state index is 11.3. The van der Waals surface area contributed by atoms with E-state index < -0.39 is 14.8 Å². The molecule has 8 heteroatoms. The summed E-state index contributed by atoms with van der Waals surface area (Å²) in [6.45, 7) is 3.27. The molecule has 0 aromatic carbocycles. The lowest BCUT2D eigenvalue weighted by Gasteiger charge is -2.07. The summed E-state index contributed by atoms with van der Waals surface area (Å²) in [5.74, 6) is 0.0835. The van der Waals surface area contributed by atoms with Gasteiger partial charge in [0.25, 0.3) is 0 Å². The molecule has 1 N–H and O–H groups in total. The number of nitrogens with one attached hydrogen (secondary N) is 1. The highest BCUT2D eigenvalue weighted by Gasteiger charge is 2.18. The van der Waals surface area contributed by atoms with Crippen LogP contribution < -0.4 is 5.32 Å². The van der Waals surface area contributed by atoms with Crippen LogP contribution in [0, 0.1) is 17.0 Å². The Morgan fingerprint density at radius 3 is 2.72 bits per heavy atom. The molecule has 0 fully saturated rings. The first kappa shape index (κ1) is 14.4. The molecular weight excluding hydrogens is 258 g/mol. The fraction of sp³-hybridized carbons (Fsp3) is 0.500. The third-order valence-corrected chi connectivity index (χ3v) is 4.16. The number of nitro groups is 1. The van der Waals surface area contributed by atoms with E-state index in [1.54, 1.807) is 13.8 Å². The monoisotopic (exact) mass is 273 g/mol. The van der Waals surface area contributed by atoms with Crippen LogP contribution in [0.5, 0.6) is 0 Å². The molecule has 1 heterocycles. The Balaban J connectivity index is 2.80. The minimum absolute atomic E-state index is 0.0536. The number of aromatic nitrogens is 1. The quantitative estimate of drug-likeness (QED) is 0.616. The van der Waals surface area contributed by atoms with Crippen LogP contribution in [-0.4, -0.2) is 36.4 Å². The molecule has 0 aliphatic rings. The molecule has 0 aliphatic carbocycles. The fourth-order valence-corrected chi connectivity index (χ4v) is 2.08. The van der Waals surface area contributed by atoms with Crippen molar-refractivity contribution in [2.24, 2.45) is 0 Å². The standard InChI is InChI=1S/C10H15N3O4S/c1-3-18(16,17)7-6-12-10-9(13(14)15)8(2)4-5-11-10/h4-5H,3,6-7H2,1-2H3,(H,11,12). The summed E-state index contributed by atoms with van der Waals surface area (Å²) in [6, 6.07) is 1.53. The normalized spacial score (nSPS) is 11.2. The van der Waals surface area contributed by atoms with Gasteiger partial charge >= 0.3 is 5.69 Å². The van der Waals surface area contributed by atoms with Crippen LogP contribution in [0.1, 0.15) is 12.5 Å². The number of hydrogen-bond donors (Lipinski definition) is 1. The Bertz CT molecular complexity index is 542. The van der Waals surface area contributed by atoms with E-state index >= 15 is 0 Å². The van der Waals surface area contributed by atoms with Crippen molar-refractivity contribution in [1.29, 1.82) is 0 Å². The Hall–Kier alpha value is -1.70.